The third-order valence-corrected chi connectivity index (χ3v) is 6.01. The van der Waals surface area contributed by atoms with Gasteiger partial charge in [-0.1, -0.05) is 67.1 Å². The fraction of sp³-hybridized carbons (Fsp3) is 0.423. The highest BCUT2D eigenvalue weighted by molar-refractivity contribution is 14.0. The van der Waals surface area contributed by atoms with E-state index in [1.165, 1.54) is 30.4 Å². The summed E-state index contributed by atoms with van der Waals surface area (Å²) in [5.41, 5.74) is 2.56. The van der Waals surface area contributed by atoms with Crippen LogP contribution in [0.4, 0.5) is 0 Å². The minimum absolute atomic E-state index is 0. The van der Waals surface area contributed by atoms with Gasteiger partial charge in [-0.2, -0.15) is 0 Å². The summed E-state index contributed by atoms with van der Waals surface area (Å²) in [6.45, 7) is 5.44. The molecule has 0 radical (unpaired) electrons. The summed E-state index contributed by atoms with van der Waals surface area (Å²) in [6, 6.07) is 21.3. The van der Waals surface area contributed by atoms with Crippen LogP contribution in [0.1, 0.15) is 54.9 Å². The molecule has 0 fully saturated rings. The molecule has 7 heteroatoms. The highest BCUT2D eigenvalue weighted by Gasteiger charge is 2.15. The minimum atomic E-state index is 0. The number of aromatic nitrogens is 3. The van der Waals surface area contributed by atoms with Gasteiger partial charge in [0, 0.05) is 38.4 Å². The van der Waals surface area contributed by atoms with Crippen molar-refractivity contribution in [3.63, 3.8) is 0 Å². The van der Waals surface area contributed by atoms with Crippen molar-refractivity contribution in [2.24, 2.45) is 4.99 Å². The molecule has 4 rings (SSSR count). The summed E-state index contributed by atoms with van der Waals surface area (Å²) < 4.78 is 2.32. The second-order valence-electron chi connectivity index (χ2n) is 8.27. The lowest BCUT2D eigenvalue weighted by Gasteiger charge is -2.18. The Morgan fingerprint density at radius 2 is 1.64 bits per heavy atom. The van der Waals surface area contributed by atoms with Crippen LogP contribution in [0.25, 0.3) is 0 Å². The third kappa shape index (κ3) is 7.03. The van der Waals surface area contributed by atoms with Crippen LogP contribution in [0.3, 0.4) is 0 Å². The Kier molecular flexibility index (Phi) is 10.2. The van der Waals surface area contributed by atoms with E-state index in [1.54, 1.807) is 0 Å². The number of nitrogens with zero attached hydrogens (tertiary/aromatic N) is 4. The Balaban J connectivity index is 0.00000306. The van der Waals surface area contributed by atoms with E-state index in [4.69, 9.17) is 4.99 Å². The molecule has 0 amide bonds. The molecule has 0 aliphatic carbocycles. The van der Waals surface area contributed by atoms with Crippen molar-refractivity contribution in [2.45, 2.75) is 51.5 Å². The second kappa shape index (κ2) is 13.3. The van der Waals surface area contributed by atoms with Crippen LogP contribution in [-0.4, -0.2) is 40.4 Å². The van der Waals surface area contributed by atoms with E-state index in [0.29, 0.717) is 6.54 Å². The van der Waals surface area contributed by atoms with Crippen molar-refractivity contribution < 1.29 is 0 Å². The molecule has 1 aliphatic rings. The van der Waals surface area contributed by atoms with Gasteiger partial charge in [0.1, 0.15) is 11.6 Å². The number of fused-ring (bicyclic) bond motifs is 1. The topological polar surface area (TPSA) is 67.1 Å². The predicted molar refractivity (Wildman–Crippen MR) is 145 cm³/mol. The number of aryl methyl sites for hydroxylation is 1. The molecule has 0 bridgehead atoms. The van der Waals surface area contributed by atoms with Gasteiger partial charge in [-0.15, -0.1) is 34.2 Å². The van der Waals surface area contributed by atoms with Gasteiger partial charge in [-0.25, -0.2) is 0 Å². The van der Waals surface area contributed by atoms with E-state index in [0.717, 1.165) is 50.1 Å². The number of hydrogen-bond donors (Lipinski definition) is 2. The maximum absolute atomic E-state index is 4.94. The van der Waals surface area contributed by atoms with E-state index < -0.39 is 0 Å². The van der Waals surface area contributed by atoms with Gasteiger partial charge in [-0.3, -0.25) is 4.99 Å². The van der Waals surface area contributed by atoms with E-state index in [-0.39, 0.29) is 29.9 Å². The SMILES string of the molecule is CCNC(=NCC(c1ccccc1)c1ccccc1)NCCc1nnc2n1CCCCC2.I. The van der Waals surface area contributed by atoms with E-state index in [2.05, 4.69) is 93.0 Å². The molecule has 176 valence electrons. The fourth-order valence-electron chi connectivity index (χ4n) is 4.32. The zero-order chi connectivity index (χ0) is 22.0. The molecule has 33 heavy (non-hydrogen) atoms. The minimum Gasteiger partial charge on any atom is -0.357 e. The van der Waals surface area contributed by atoms with Crippen molar-refractivity contribution in [3.05, 3.63) is 83.4 Å². The monoisotopic (exact) mass is 558 g/mol. The first-order valence-electron chi connectivity index (χ1n) is 11.9. The average molecular weight is 559 g/mol. The number of guanidine groups is 1. The van der Waals surface area contributed by atoms with Crippen molar-refractivity contribution >= 4 is 29.9 Å². The first-order chi connectivity index (χ1) is 15.8. The van der Waals surface area contributed by atoms with E-state index in [9.17, 15) is 0 Å². The Hall–Kier alpha value is -2.42. The zero-order valence-corrected chi connectivity index (χ0v) is 21.7. The standard InChI is InChI=1S/C26H34N6.HI/c1-2-27-26(28-18-17-25-31-30-24-16-10-5-11-19-32(24)25)29-20-23(21-12-6-3-7-13-21)22-14-8-4-9-15-22;/h3-4,6-9,12-15,23H,2,5,10-11,16-20H2,1H3,(H2,27,28,29);1H. The summed E-state index contributed by atoms with van der Waals surface area (Å²) in [7, 11) is 0. The number of benzene rings is 2. The molecule has 6 nitrogen and oxygen atoms in total. The molecule has 0 unspecified atom stereocenters. The largest absolute Gasteiger partial charge is 0.357 e. The fourth-order valence-corrected chi connectivity index (χ4v) is 4.32. The maximum Gasteiger partial charge on any atom is 0.191 e. The molecule has 0 saturated heterocycles. The lowest BCUT2D eigenvalue weighted by molar-refractivity contribution is 0.600. The predicted octanol–water partition coefficient (Wildman–Crippen LogP) is 4.55. The number of hydrogen-bond acceptors (Lipinski definition) is 3. The van der Waals surface area contributed by atoms with Crippen molar-refractivity contribution in [2.75, 3.05) is 19.6 Å². The molecule has 1 aromatic heterocycles. The highest BCUT2D eigenvalue weighted by atomic mass is 127. The summed E-state index contributed by atoms with van der Waals surface area (Å²) in [5.74, 6) is 3.29. The quantitative estimate of drug-likeness (QED) is 0.242. The molecule has 0 saturated carbocycles. The van der Waals surface area contributed by atoms with Gasteiger partial charge >= 0.3 is 0 Å². The van der Waals surface area contributed by atoms with Crippen molar-refractivity contribution in [1.29, 1.82) is 0 Å². The summed E-state index contributed by atoms with van der Waals surface area (Å²) >= 11 is 0. The highest BCUT2D eigenvalue weighted by Crippen LogP contribution is 2.24. The number of rotatable bonds is 8. The molecule has 2 heterocycles. The molecule has 2 aromatic carbocycles. The van der Waals surface area contributed by atoms with E-state index >= 15 is 0 Å². The van der Waals surface area contributed by atoms with Crippen molar-refractivity contribution in [1.82, 2.24) is 25.4 Å². The Morgan fingerprint density at radius 3 is 2.30 bits per heavy atom. The lowest BCUT2D eigenvalue weighted by atomic mass is 9.91. The Labute approximate surface area is 214 Å². The lowest BCUT2D eigenvalue weighted by Crippen LogP contribution is -2.39. The smallest absolute Gasteiger partial charge is 0.191 e. The molecule has 1 aliphatic heterocycles. The molecule has 2 N–H and O–H groups in total. The molecular weight excluding hydrogens is 523 g/mol. The first kappa shape index (κ1) is 25.2. The van der Waals surface area contributed by atoms with Gasteiger partial charge in [0.15, 0.2) is 5.96 Å². The van der Waals surface area contributed by atoms with Gasteiger partial charge in [-0.05, 0) is 30.9 Å². The van der Waals surface area contributed by atoms with Crippen LogP contribution in [-0.2, 0) is 19.4 Å². The van der Waals surface area contributed by atoms with Crippen LogP contribution in [0.5, 0.6) is 0 Å². The van der Waals surface area contributed by atoms with Gasteiger partial charge in [0.05, 0.1) is 6.54 Å². The zero-order valence-electron chi connectivity index (χ0n) is 19.4. The van der Waals surface area contributed by atoms with Crippen LogP contribution in [0.2, 0.25) is 0 Å². The second-order valence-corrected chi connectivity index (χ2v) is 8.27. The first-order valence-corrected chi connectivity index (χ1v) is 11.9. The maximum atomic E-state index is 4.94. The molecule has 0 atom stereocenters. The number of nitrogens with one attached hydrogen (secondary N) is 2. The summed E-state index contributed by atoms with van der Waals surface area (Å²) in [4.78, 5) is 4.94. The third-order valence-electron chi connectivity index (χ3n) is 6.01. The molecule has 0 spiro atoms. The van der Waals surface area contributed by atoms with Gasteiger partial charge in [0.25, 0.3) is 0 Å². The summed E-state index contributed by atoms with van der Waals surface area (Å²) in [6.07, 6.45) is 5.61. The molecular formula is C26H35IN6. The van der Waals surface area contributed by atoms with Crippen LogP contribution in [0, 0.1) is 0 Å². The Bertz CT molecular complexity index is 947. The van der Waals surface area contributed by atoms with Gasteiger partial charge < -0.3 is 15.2 Å². The van der Waals surface area contributed by atoms with E-state index in [1.807, 2.05) is 0 Å². The number of halogens is 1. The summed E-state index contributed by atoms with van der Waals surface area (Å²) in [5, 5.41) is 15.8. The van der Waals surface area contributed by atoms with Crippen molar-refractivity contribution in [3.8, 4) is 0 Å². The normalized spacial score (nSPS) is 13.7. The van der Waals surface area contributed by atoms with Gasteiger partial charge in [0.2, 0.25) is 0 Å². The molecule has 3 aromatic rings. The number of aliphatic imine (C=N–C) groups is 1. The van der Waals surface area contributed by atoms with Crippen LogP contribution in [0.15, 0.2) is 65.7 Å². The average Bonchev–Trinajstić information content (AvgIpc) is 3.06. The van der Waals surface area contributed by atoms with Crippen LogP contribution >= 0.6 is 24.0 Å². The Morgan fingerprint density at radius 1 is 0.939 bits per heavy atom. The van der Waals surface area contributed by atoms with Crippen LogP contribution < -0.4 is 10.6 Å².